The normalized spacial score (nSPS) is 53.6. The minimum Gasteiger partial charge on any atom is -0.299 e. The average molecular weight is 150 g/mol. The van der Waals surface area contributed by atoms with Crippen LogP contribution in [0.4, 0.5) is 0 Å². The Balaban J connectivity index is 2.03. The molecular formula is C10H14O. The summed E-state index contributed by atoms with van der Waals surface area (Å²) in [4.78, 5) is 11.6. The van der Waals surface area contributed by atoms with Crippen LogP contribution >= 0.6 is 0 Å². The topological polar surface area (TPSA) is 17.1 Å². The van der Waals surface area contributed by atoms with Crippen LogP contribution < -0.4 is 0 Å². The highest BCUT2D eigenvalue weighted by atomic mass is 16.1. The fourth-order valence-electron chi connectivity index (χ4n) is 3.64. The van der Waals surface area contributed by atoms with Crippen molar-refractivity contribution in [2.45, 2.75) is 32.1 Å². The van der Waals surface area contributed by atoms with Crippen molar-refractivity contribution in [1.29, 1.82) is 0 Å². The third kappa shape index (κ3) is 0.646. The zero-order valence-electron chi connectivity index (χ0n) is 6.75. The van der Waals surface area contributed by atoms with Gasteiger partial charge in [0.2, 0.25) is 0 Å². The molecule has 0 aromatic heterocycles. The van der Waals surface area contributed by atoms with Gasteiger partial charge < -0.3 is 0 Å². The quantitative estimate of drug-likeness (QED) is 0.516. The molecule has 0 unspecified atom stereocenters. The van der Waals surface area contributed by atoms with E-state index in [0.29, 0.717) is 17.6 Å². The summed E-state index contributed by atoms with van der Waals surface area (Å²) in [5, 5.41) is 0. The second kappa shape index (κ2) is 1.88. The predicted octanol–water partition coefficient (Wildman–Crippen LogP) is 2.01. The lowest BCUT2D eigenvalue weighted by atomic mass is 9.52. The lowest BCUT2D eigenvalue weighted by Crippen LogP contribution is -2.49. The molecule has 5 fully saturated rings. The first kappa shape index (κ1) is 6.22. The van der Waals surface area contributed by atoms with Gasteiger partial charge in [0.1, 0.15) is 5.78 Å². The molecule has 0 aromatic carbocycles. The second-order valence-electron chi connectivity index (χ2n) is 4.53. The number of ketones is 1. The standard InChI is InChI=1S/C10H14O/c11-10-8-3-1-6-5-7(8)2-4-9(6)10/h6-9H,1-5H2/t6-,7-,8+,9+/m0/s1. The Morgan fingerprint density at radius 1 is 0.909 bits per heavy atom. The molecule has 0 saturated heterocycles. The monoisotopic (exact) mass is 150 g/mol. The van der Waals surface area contributed by atoms with E-state index in [-0.39, 0.29) is 0 Å². The van der Waals surface area contributed by atoms with Crippen molar-refractivity contribution in [3.63, 3.8) is 0 Å². The highest BCUT2D eigenvalue weighted by Gasteiger charge is 2.50. The highest BCUT2D eigenvalue weighted by Crippen LogP contribution is 2.53. The van der Waals surface area contributed by atoms with Crippen LogP contribution in [0.25, 0.3) is 0 Å². The summed E-state index contributed by atoms with van der Waals surface area (Å²) in [5.74, 6) is 3.29. The molecule has 0 N–H and O–H groups in total. The maximum atomic E-state index is 11.6. The Labute approximate surface area is 67.2 Å². The molecule has 5 aliphatic rings. The van der Waals surface area contributed by atoms with Gasteiger partial charge in [0.05, 0.1) is 0 Å². The zero-order valence-corrected chi connectivity index (χ0v) is 6.75. The third-order valence-corrected chi connectivity index (χ3v) is 4.17. The van der Waals surface area contributed by atoms with Crippen LogP contribution in [-0.4, -0.2) is 5.78 Å². The molecule has 5 aliphatic carbocycles. The summed E-state index contributed by atoms with van der Waals surface area (Å²) >= 11 is 0. The van der Waals surface area contributed by atoms with E-state index in [4.69, 9.17) is 0 Å². The molecule has 4 atom stereocenters. The average Bonchev–Trinajstić information content (AvgIpc) is 2.04. The SMILES string of the molecule is O=C1[C@@H]2CC[C@H]3C[C@@H]2CC[C@@H]13. The number of hydrogen-bond donors (Lipinski definition) is 0. The molecule has 0 spiro atoms. The van der Waals surface area contributed by atoms with Crippen LogP contribution in [0.1, 0.15) is 32.1 Å². The first-order valence-electron chi connectivity index (χ1n) is 4.90. The van der Waals surface area contributed by atoms with Crippen molar-refractivity contribution in [3.05, 3.63) is 0 Å². The third-order valence-electron chi connectivity index (χ3n) is 4.17. The molecule has 0 aromatic rings. The van der Waals surface area contributed by atoms with E-state index in [2.05, 4.69) is 0 Å². The van der Waals surface area contributed by atoms with E-state index in [1.54, 1.807) is 0 Å². The molecule has 5 rings (SSSR count). The summed E-state index contributed by atoms with van der Waals surface area (Å²) in [6, 6.07) is 0. The fraction of sp³-hybridized carbons (Fsp3) is 0.900. The molecule has 60 valence electrons. The molecule has 5 saturated carbocycles. The molecular weight excluding hydrogens is 136 g/mol. The van der Waals surface area contributed by atoms with E-state index < -0.39 is 0 Å². The van der Waals surface area contributed by atoms with Gasteiger partial charge in [-0.05, 0) is 43.9 Å². The largest absolute Gasteiger partial charge is 0.299 e. The number of carbonyl (C=O) groups excluding carboxylic acids is 1. The first-order valence-corrected chi connectivity index (χ1v) is 4.90. The number of rotatable bonds is 0. The predicted molar refractivity (Wildman–Crippen MR) is 42.1 cm³/mol. The van der Waals surface area contributed by atoms with E-state index in [1.807, 2.05) is 0 Å². The van der Waals surface area contributed by atoms with Crippen molar-refractivity contribution in [3.8, 4) is 0 Å². The van der Waals surface area contributed by atoms with E-state index in [0.717, 1.165) is 11.8 Å². The van der Waals surface area contributed by atoms with Gasteiger partial charge in [0, 0.05) is 11.8 Å². The van der Waals surface area contributed by atoms with Gasteiger partial charge in [-0.2, -0.15) is 0 Å². The molecule has 11 heavy (non-hydrogen) atoms. The van der Waals surface area contributed by atoms with Gasteiger partial charge in [-0.25, -0.2) is 0 Å². The Morgan fingerprint density at radius 2 is 1.45 bits per heavy atom. The molecule has 1 nitrogen and oxygen atoms in total. The minimum absolute atomic E-state index is 0.513. The minimum atomic E-state index is 0.513. The van der Waals surface area contributed by atoms with Crippen LogP contribution in [0.15, 0.2) is 0 Å². The summed E-state index contributed by atoms with van der Waals surface area (Å²) in [5.41, 5.74) is 0. The number of Topliss-reactive ketones (excluding diaryl/α,β-unsaturated/α-hetero) is 1. The van der Waals surface area contributed by atoms with Crippen molar-refractivity contribution < 1.29 is 4.79 Å². The molecule has 0 amide bonds. The Kier molecular flexibility index (Phi) is 1.06. The van der Waals surface area contributed by atoms with Gasteiger partial charge >= 0.3 is 0 Å². The lowest BCUT2D eigenvalue weighted by molar-refractivity contribution is -0.146. The van der Waals surface area contributed by atoms with Gasteiger partial charge in [0.25, 0.3) is 0 Å². The van der Waals surface area contributed by atoms with Crippen molar-refractivity contribution in [2.24, 2.45) is 23.7 Å². The molecule has 0 radical (unpaired) electrons. The molecule has 0 aliphatic heterocycles. The summed E-state index contributed by atoms with van der Waals surface area (Å²) in [7, 11) is 0. The van der Waals surface area contributed by atoms with Gasteiger partial charge in [-0.15, -0.1) is 0 Å². The number of carbonyl (C=O) groups is 1. The second-order valence-corrected chi connectivity index (χ2v) is 4.53. The number of hydrogen-bond acceptors (Lipinski definition) is 1. The van der Waals surface area contributed by atoms with Crippen LogP contribution in [0.2, 0.25) is 0 Å². The van der Waals surface area contributed by atoms with Gasteiger partial charge in [-0.3, -0.25) is 4.79 Å². The van der Waals surface area contributed by atoms with E-state index >= 15 is 0 Å². The van der Waals surface area contributed by atoms with Crippen LogP contribution in [0.3, 0.4) is 0 Å². The smallest absolute Gasteiger partial charge is 0.139 e. The molecule has 4 bridgehead atoms. The number of fused-ring (bicyclic) bond motifs is 2. The maximum Gasteiger partial charge on any atom is 0.139 e. The van der Waals surface area contributed by atoms with Crippen LogP contribution in [-0.2, 0) is 4.79 Å². The highest BCUT2D eigenvalue weighted by molar-refractivity contribution is 5.86. The van der Waals surface area contributed by atoms with E-state index in [9.17, 15) is 4.79 Å². The van der Waals surface area contributed by atoms with Crippen molar-refractivity contribution in [1.82, 2.24) is 0 Å². The first-order chi connectivity index (χ1) is 5.36. The van der Waals surface area contributed by atoms with Crippen molar-refractivity contribution in [2.75, 3.05) is 0 Å². The lowest BCUT2D eigenvalue weighted by Gasteiger charge is -2.51. The summed E-state index contributed by atoms with van der Waals surface area (Å²) in [6.07, 6.45) is 6.56. The van der Waals surface area contributed by atoms with Gasteiger partial charge in [-0.1, -0.05) is 0 Å². The summed E-state index contributed by atoms with van der Waals surface area (Å²) < 4.78 is 0. The Morgan fingerprint density at radius 3 is 1.82 bits per heavy atom. The zero-order chi connectivity index (χ0) is 7.42. The maximum absolute atomic E-state index is 11.6. The summed E-state index contributed by atoms with van der Waals surface area (Å²) in [6.45, 7) is 0. The van der Waals surface area contributed by atoms with E-state index in [1.165, 1.54) is 32.1 Å². The van der Waals surface area contributed by atoms with Crippen LogP contribution in [0, 0.1) is 23.7 Å². The fourth-order valence-corrected chi connectivity index (χ4v) is 3.64. The molecule has 1 heteroatoms. The van der Waals surface area contributed by atoms with Crippen molar-refractivity contribution >= 4 is 5.78 Å². The molecule has 0 heterocycles. The Hall–Kier alpha value is -0.330. The van der Waals surface area contributed by atoms with Crippen LogP contribution in [0.5, 0.6) is 0 Å². The Bertz CT molecular complexity index is 189. The van der Waals surface area contributed by atoms with Gasteiger partial charge in [0.15, 0.2) is 0 Å².